The average Bonchev–Trinajstić information content (AvgIpc) is 2.95. The van der Waals surface area contributed by atoms with Gasteiger partial charge in [-0.1, -0.05) is 0 Å². The third-order valence-corrected chi connectivity index (χ3v) is 7.35. The van der Waals surface area contributed by atoms with Crippen LogP contribution in [-0.2, 0) is 10.0 Å². The number of nitrogens with zero attached hydrogens (tertiary/aromatic N) is 2. The molecule has 0 aliphatic carbocycles. The van der Waals surface area contributed by atoms with Crippen molar-refractivity contribution in [3.05, 3.63) is 48.8 Å². The Bertz CT molecular complexity index is 886. The van der Waals surface area contributed by atoms with E-state index in [0.29, 0.717) is 23.5 Å². The Morgan fingerprint density at radius 1 is 1.04 bits per heavy atom. The number of rotatable bonds is 6. The predicted octanol–water partition coefficient (Wildman–Crippen LogP) is 3.63. The second kappa shape index (κ2) is 7.72. The number of aromatic nitrogens is 1. The molecule has 2 aromatic rings. The summed E-state index contributed by atoms with van der Waals surface area (Å²) >= 11 is 0. The summed E-state index contributed by atoms with van der Waals surface area (Å²) in [4.78, 5) is 4.41. The minimum absolute atomic E-state index is 0.0167. The quantitative estimate of drug-likeness (QED) is 0.738. The van der Waals surface area contributed by atoms with Gasteiger partial charge in [0.15, 0.2) is 0 Å². The molecule has 1 aromatic heterocycles. The van der Waals surface area contributed by atoms with Crippen molar-refractivity contribution in [2.75, 3.05) is 0 Å². The summed E-state index contributed by atoms with van der Waals surface area (Å²) in [5.74, 6) is 1.42. The van der Waals surface area contributed by atoms with Crippen LogP contribution < -0.4 is 9.47 Å². The van der Waals surface area contributed by atoms with Crippen molar-refractivity contribution < 1.29 is 17.9 Å². The van der Waals surface area contributed by atoms with Gasteiger partial charge in [0, 0.05) is 31.1 Å². The zero-order valence-electron chi connectivity index (χ0n) is 16.2. The number of sulfonamides is 1. The van der Waals surface area contributed by atoms with Crippen LogP contribution in [0.3, 0.4) is 0 Å². The minimum atomic E-state index is -3.53. The molecule has 2 unspecified atom stereocenters. The third kappa shape index (κ3) is 3.86. The van der Waals surface area contributed by atoms with Gasteiger partial charge in [-0.05, 0) is 63.1 Å². The first-order chi connectivity index (χ1) is 13.4. The Labute approximate surface area is 166 Å². The first kappa shape index (κ1) is 19.2. The lowest BCUT2D eigenvalue weighted by molar-refractivity contribution is 0.0953. The Morgan fingerprint density at radius 3 is 2.29 bits per heavy atom. The monoisotopic (exact) mass is 402 g/mol. The molecular formula is C21H26N2O4S. The fraction of sp³-hybridized carbons (Fsp3) is 0.476. The molecule has 2 atom stereocenters. The number of piperidine rings is 1. The second-order valence-electron chi connectivity index (χ2n) is 7.76. The van der Waals surface area contributed by atoms with E-state index < -0.39 is 10.0 Å². The van der Waals surface area contributed by atoms with Crippen LogP contribution >= 0.6 is 0 Å². The standard InChI is InChI=1S/C21H26N2O4S/c1-15(2)26-18-7-9-21(10-8-18)28(24,25)23-16-5-6-17(23)13-20(12-16)27-19-4-3-11-22-14-19/h3-4,7-11,14-17,20H,5-6,12-13H2,1-2H3. The summed E-state index contributed by atoms with van der Waals surface area (Å²) < 4.78 is 40.0. The molecule has 0 amide bonds. The third-order valence-electron chi connectivity index (χ3n) is 5.33. The Kier molecular flexibility index (Phi) is 5.29. The van der Waals surface area contributed by atoms with E-state index in [0.717, 1.165) is 18.6 Å². The number of hydrogen-bond donors (Lipinski definition) is 0. The van der Waals surface area contributed by atoms with Crippen LogP contribution in [0.15, 0.2) is 53.7 Å². The highest BCUT2D eigenvalue weighted by atomic mass is 32.2. The highest BCUT2D eigenvalue weighted by Crippen LogP contribution is 2.41. The smallest absolute Gasteiger partial charge is 0.243 e. The molecule has 150 valence electrons. The van der Waals surface area contributed by atoms with E-state index in [-0.39, 0.29) is 24.3 Å². The Balaban J connectivity index is 1.49. The van der Waals surface area contributed by atoms with Crippen LogP contribution in [0.25, 0.3) is 0 Å². The fourth-order valence-corrected chi connectivity index (χ4v) is 6.16. The van der Waals surface area contributed by atoms with Crippen LogP contribution in [0.1, 0.15) is 39.5 Å². The zero-order chi connectivity index (χ0) is 19.7. The average molecular weight is 403 g/mol. The number of fused-ring (bicyclic) bond motifs is 2. The van der Waals surface area contributed by atoms with Gasteiger partial charge in [-0.3, -0.25) is 4.98 Å². The predicted molar refractivity (Wildman–Crippen MR) is 106 cm³/mol. The summed E-state index contributed by atoms with van der Waals surface area (Å²) in [7, 11) is -3.53. The number of hydrogen-bond acceptors (Lipinski definition) is 5. The number of benzene rings is 1. The van der Waals surface area contributed by atoms with Crippen molar-refractivity contribution in [1.82, 2.24) is 9.29 Å². The van der Waals surface area contributed by atoms with Crippen LogP contribution in [0, 0.1) is 0 Å². The highest BCUT2D eigenvalue weighted by Gasteiger charge is 2.47. The topological polar surface area (TPSA) is 68.7 Å². The number of ether oxygens (including phenoxy) is 2. The molecule has 6 nitrogen and oxygen atoms in total. The van der Waals surface area contributed by atoms with Crippen molar-refractivity contribution in [2.45, 2.75) is 68.7 Å². The summed E-state index contributed by atoms with van der Waals surface area (Å²) in [6.45, 7) is 3.89. The molecule has 2 bridgehead atoms. The van der Waals surface area contributed by atoms with E-state index in [9.17, 15) is 8.42 Å². The van der Waals surface area contributed by atoms with Crippen LogP contribution in [0.5, 0.6) is 11.5 Å². The summed E-state index contributed by atoms with van der Waals surface area (Å²) in [5, 5.41) is 0. The molecule has 0 N–H and O–H groups in total. The Hall–Kier alpha value is -2.12. The van der Waals surface area contributed by atoms with Gasteiger partial charge in [-0.2, -0.15) is 4.31 Å². The molecule has 2 fully saturated rings. The molecule has 2 aliphatic rings. The van der Waals surface area contributed by atoms with Crippen LogP contribution in [0.2, 0.25) is 0 Å². The molecule has 2 saturated heterocycles. The van der Waals surface area contributed by atoms with Gasteiger partial charge in [0.25, 0.3) is 0 Å². The largest absolute Gasteiger partial charge is 0.491 e. The molecular weight excluding hydrogens is 376 g/mol. The van der Waals surface area contributed by atoms with Gasteiger partial charge in [-0.25, -0.2) is 8.42 Å². The fourth-order valence-electron chi connectivity index (χ4n) is 4.27. The highest BCUT2D eigenvalue weighted by molar-refractivity contribution is 7.89. The van der Waals surface area contributed by atoms with Gasteiger partial charge in [0.2, 0.25) is 10.0 Å². The number of pyridine rings is 1. The normalized spacial score (nSPS) is 25.0. The molecule has 0 saturated carbocycles. The summed E-state index contributed by atoms with van der Waals surface area (Å²) in [6.07, 6.45) is 6.66. The van der Waals surface area contributed by atoms with Gasteiger partial charge in [0.1, 0.15) is 17.6 Å². The van der Waals surface area contributed by atoms with E-state index >= 15 is 0 Å². The van der Waals surface area contributed by atoms with Crippen molar-refractivity contribution in [3.8, 4) is 11.5 Å². The van der Waals surface area contributed by atoms with Crippen molar-refractivity contribution in [1.29, 1.82) is 0 Å². The maximum atomic E-state index is 13.3. The second-order valence-corrected chi connectivity index (χ2v) is 9.60. The lowest BCUT2D eigenvalue weighted by atomic mass is 10.0. The molecule has 0 spiro atoms. The summed E-state index contributed by atoms with van der Waals surface area (Å²) in [6, 6.07) is 10.4. The van der Waals surface area contributed by atoms with Crippen molar-refractivity contribution >= 4 is 10.0 Å². The first-order valence-corrected chi connectivity index (χ1v) is 11.2. The molecule has 2 aliphatic heterocycles. The molecule has 7 heteroatoms. The lowest BCUT2D eigenvalue weighted by Crippen LogP contribution is -2.49. The molecule has 4 rings (SSSR count). The molecule has 28 heavy (non-hydrogen) atoms. The first-order valence-electron chi connectivity index (χ1n) is 9.80. The molecule has 0 radical (unpaired) electrons. The maximum absolute atomic E-state index is 13.3. The minimum Gasteiger partial charge on any atom is -0.491 e. The van der Waals surface area contributed by atoms with E-state index in [1.807, 2.05) is 26.0 Å². The maximum Gasteiger partial charge on any atom is 0.243 e. The van der Waals surface area contributed by atoms with E-state index in [2.05, 4.69) is 4.98 Å². The van der Waals surface area contributed by atoms with Crippen LogP contribution in [0.4, 0.5) is 0 Å². The Morgan fingerprint density at radius 2 is 1.71 bits per heavy atom. The van der Waals surface area contributed by atoms with Crippen LogP contribution in [-0.4, -0.2) is 42.0 Å². The molecule has 1 aromatic carbocycles. The van der Waals surface area contributed by atoms with Gasteiger partial charge in [0.05, 0.1) is 17.2 Å². The van der Waals surface area contributed by atoms with E-state index in [1.54, 1.807) is 41.0 Å². The van der Waals surface area contributed by atoms with Gasteiger partial charge < -0.3 is 9.47 Å². The lowest BCUT2D eigenvalue weighted by Gasteiger charge is -2.37. The summed E-state index contributed by atoms with van der Waals surface area (Å²) in [5.41, 5.74) is 0. The van der Waals surface area contributed by atoms with E-state index in [4.69, 9.17) is 9.47 Å². The zero-order valence-corrected chi connectivity index (χ0v) is 17.0. The van der Waals surface area contributed by atoms with Gasteiger partial charge in [-0.15, -0.1) is 0 Å². The SMILES string of the molecule is CC(C)Oc1ccc(S(=O)(=O)N2C3CCC2CC(Oc2cccnc2)C3)cc1. The van der Waals surface area contributed by atoms with E-state index in [1.165, 1.54) is 0 Å². The molecule has 3 heterocycles. The van der Waals surface area contributed by atoms with Crippen molar-refractivity contribution in [2.24, 2.45) is 0 Å². The van der Waals surface area contributed by atoms with Crippen molar-refractivity contribution in [3.63, 3.8) is 0 Å². The van der Waals surface area contributed by atoms with Gasteiger partial charge >= 0.3 is 0 Å².